The molecule has 1 amide bonds. The third-order valence-electron chi connectivity index (χ3n) is 4.36. The van der Waals surface area contributed by atoms with Crippen molar-refractivity contribution in [2.45, 2.75) is 30.5 Å². The molecule has 0 aliphatic carbocycles. The summed E-state index contributed by atoms with van der Waals surface area (Å²) in [6.07, 6.45) is 0.146. The van der Waals surface area contributed by atoms with E-state index < -0.39 is 42.4 Å². The Kier molecular flexibility index (Phi) is 6.32. The molecule has 0 aromatic carbocycles. The number of aliphatic hydroxyl groups is 1. The second-order valence-electron chi connectivity index (χ2n) is 6.33. The van der Waals surface area contributed by atoms with E-state index in [9.17, 15) is 19.8 Å². The van der Waals surface area contributed by atoms with Gasteiger partial charge < -0.3 is 31.7 Å². The third kappa shape index (κ3) is 4.17. The van der Waals surface area contributed by atoms with Crippen molar-refractivity contribution in [2.75, 3.05) is 17.2 Å². The number of fused-ring (bicyclic) bond motifs is 1. The Bertz CT molecular complexity index is 922. The lowest BCUT2D eigenvalue weighted by Gasteiger charge is -2.22. The van der Waals surface area contributed by atoms with E-state index in [4.69, 9.17) is 16.2 Å². The number of nitrogens with zero attached hydrogens (tertiary/aromatic N) is 4. The lowest BCUT2D eigenvalue weighted by Crippen LogP contribution is -2.54. The number of carboxylic acids is 1. The first-order valence-corrected chi connectivity index (χ1v) is 9.74. The predicted octanol–water partition coefficient (Wildman–Crippen LogP) is -1.52. The van der Waals surface area contributed by atoms with Crippen LogP contribution >= 0.6 is 11.8 Å². The number of amides is 1. The third-order valence-corrected chi connectivity index (χ3v) is 5.42. The number of aliphatic hydroxyl groups excluding tert-OH is 1. The molecule has 12 nitrogen and oxygen atoms in total. The zero-order valence-electron chi connectivity index (χ0n) is 15.2. The molecule has 2 aromatic heterocycles. The SMILES string of the molecule is C=CCSCC(N)C(=O)N[C@H]1[C@@H](O)[C@H](n2cnc3c(N)ncnc32)O[C@@H]1C(=O)O. The fraction of sp³-hybridized carbons (Fsp3) is 0.438. The van der Waals surface area contributed by atoms with Crippen molar-refractivity contribution in [3.05, 3.63) is 25.3 Å². The van der Waals surface area contributed by atoms with Crippen molar-refractivity contribution in [3.63, 3.8) is 0 Å². The summed E-state index contributed by atoms with van der Waals surface area (Å²) < 4.78 is 6.86. The van der Waals surface area contributed by atoms with Gasteiger partial charge in [0.2, 0.25) is 5.91 Å². The van der Waals surface area contributed by atoms with E-state index in [1.54, 1.807) is 6.08 Å². The van der Waals surface area contributed by atoms with Gasteiger partial charge in [-0.1, -0.05) is 6.08 Å². The number of aromatic nitrogens is 4. The molecule has 1 aliphatic rings. The first-order valence-electron chi connectivity index (χ1n) is 8.59. The van der Waals surface area contributed by atoms with E-state index in [-0.39, 0.29) is 17.0 Å². The van der Waals surface area contributed by atoms with Crippen molar-refractivity contribution in [1.29, 1.82) is 0 Å². The summed E-state index contributed by atoms with van der Waals surface area (Å²) in [6.45, 7) is 3.58. The smallest absolute Gasteiger partial charge is 0.335 e. The lowest BCUT2D eigenvalue weighted by molar-refractivity contribution is -0.152. The van der Waals surface area contributed by atoms with Gasteiger partial charge in [0.1, 0.15) is 17.9 Å². The van der Waals surface area contributed by atoms with Gasteiger partial charge in [0.25, 0.3) is 0 Å². The Morgan fingerprint density at radius 1 is 1.45 bits per heavy atom. The molecule has 2 aromatic rings. The summed E-state index contributed by atoms with van der Waals surface area (Å²) in [5.74, 6) is -0.878. The van der Waals surface area contributed by atoms with Gasteiger partial charge in [0.05, 0.1) is 18.4 Å². The summed E-state index contributed by atoms with van der Waals surface area (Å²) in [4.78, 5) is 36.0. The number of carbonyl (C=O) groups is 2. The van der Waals surface area contributed by atoms with Crippen LogP contribution in [0.15, 0.2) is 25.3 Å². The molecule has 13 heteroatoms. The van der Waals surface area contributed by atoms with Gasteiger partial charge in [-0.2, -0.15) is 11.8 Å². The second kappa shape index (κ2) is 8.73. The van der Waals surface area contributed by atoms with Crippen LogP contribution in [0.3, 0.4) is 0 Å². The molecule has 1 saturated heterocycles. The number of nitrogens with one attached hydrogen (secondary N) is 1. The van der Waals surface area contributed by atoms with Crippen LogP contribution in [0.25, 0.3) is 11.2 Å². The number of rotatable bonds is 8. The van der Waals surface area contributed by atoms with Crippen molar-refractivity contribution >= 4 is 40.6 Å². The van der Waals surface area contributed by atoms with Crippen LogP contribution in [0.4, 0.5) is 5.82 Å². The summed E-state index contributed by atoms with van der Waals surface area (Å²) in [7, 11) is 0. The Hall–Kier alpha value is -2.74. The Morgan fingerprint density at radius 3 is 2.90 bits per heavy atom. The molecular formula is C16H21N7O5S. The van der Waals surface area contributed by atoms with Crippen molar-refractivity contribution < 1.29 is 24.5 Å². The molecule has 0 spiro atoms. The van der Waals surface area contributed by atoms with Crippen LogP contribution in [0.2, 0.25) is 0 Å². The molecule has 1 unspecified atom stereocenters. The summed E-state index contributed by atoms with van der Waals surface area (Å²) in [6, 6.07) is -2.11. The summed E-state index contributed by atoms with van der Waals surface area (Å²) in [5, 5.41) is 22.7. The van der Waals surface area contributed by atoms with E-state index in [1.807, 2.05) is 0 Å². The maximum atomic E-state index is 12.4. The van der Waals surface area contributed by atoms with Crippen LogP contribution in [-0.4, -0.2) is 77.4 Å². The van der Waals surface area contributed by atoms with Gasteiger partial charge in [0.15, 0.2) is 23.8 Å². The molecule has 3 heterocycles. The average Bonchev–Trinajstić information content (AvgIpc) is 3.24. The number of aliphatic carboxylic acids is 1. The van der Waals surface area contributed by atoms with Crippen molar-refractivity contribution in [1.82, 2.24) is 24.8 Å². The number of nitrogen functional groups attached to an aromatic ring is 1. The quantitative estimate of drug-likeness (QED) is 0.245. The molecule has 0 saturated carbocycles. The van der Waals surface area contributed by atoms with Gasteiger partial charge in [0, 0.05) is 11.5 Å². The molecule has 3 rings (SSSR count). The van der Waals surface area contributed by atoms with Crippen molar-refractivity contribution in [2.24, 2.45) is 5.73 Å². The predicted molar refractivity (Wildman–Crippen MR) is 105 cm³/mol. The van der Waals surface area contributed by atoms with Gasteiger partial charge in [-0.25, -0.2) is 19.7 Å². The molecule has 1 aliphatic heterocycles. The minimum absolute atomic E-state index is 0.129. The highest BCUT2D eigenvalue weighted by Gasteiger charge is 2.49. The van der Waals surface area contributed by atoms with Crippen LogP contribution in [0, 0.1) is 0 Å². The zero-order valence-corrected chi connectivity index (χ0v) is 16.0. The molecule has 7 N–H and O–H groups in total. The highest BCUT2D eigenvalue weighted by molar-refractivity contribution is 7.99. The molecule has 0 bridgehead atoms. The Balaban J connectivity index is 1.81. The van der Waals surface area contributed by atoms with E-state index >= 15 is 0 Å². The van der Waals surface area contributed by atoms with Gasteiger partial charge >= 0.3 is 5.97 Å². The normalized spacial score (nSPS) is 25.0. The monoisotopic (exact) mass is 423 g/mol. The van der Waals surface area contributed by atoms with Crippen LogP contribution in [-0.2, 0) is 14.3 Å². The van der Waals surface area contributed by atoms with Crippen LogP contribution in [0.5, 0.6) is 0 Å². The van der Waals surface area contributed by atoms with Gasteiger partial charge in [-0.15, -0.1) is 6.58 Å². The maximum absolute atomic E-state index is 12.4. The van der Waals surface area contributed by atoms with Crippen LogP contribution in [0.1, 0.15) is 6.23 Å². The van der Waals surface area contributed by atoms with E-state index in [0.717, 1.165) is 0 Å². The molecule has 29 heavy (non-hydrogen) atoms. The topological polar surface area (TPSA) is 191 Å². The van der Waals surface area contributed by atoms with Gasteiger partial charge in [-0.05, 0) is 0 Å². The number of imidazole rings is 1. The first-order chi connectivity index (χ1) is 13.8. The van der Waals surface area contributed by atoms with E-state index in [1.165, 1.54) is 29.0 Å². The van der Waals surface area contributed by atoms with Crippen LogP contribution < -0.4 is 16.8 Å². The second-order valence-corrected chi connectivity index (χ2v) is 7.40. The minimum atomic E-state index is -1.50. The highest BCUT2D eigenvalue weighted by Crippen LogP contribution is 2.32. The number of hydrogen-bond donors (Lipinski definition) is 5. The number of carbonyl (C=O) groups excluding carboxylic acids is 1. The molecule has 156 valence electrons. The molecule has 1 fully saturated rings. The number of ether oxygens (including phenoxy) is 1. The molecular weight excluding hydrogens is 402 g/mol. The zero-order chi connectivity index (χ0) is 21.1. The van der Waals surface area contributed by atoms with E-state index in [0.29, 0.717) is 11.5 Å². The minimum Gasteiger partial charge on any atom is -0.479 e. The fourth-order valence-corrected chi connectivity index (χ4v) is 3.66. The Labute approximate surface area is 169 Å². The number of carboxylic acid groups (broad SMARTS) is 1. The van der Waals surface area contributed by atoms with E-state index in [2.05, 4.69) is 26.8 Å². The van der Waals surface area contributed by atoms with Crippen molar-refractivity contribution in [3.8, 4) is 0 Å². The van der Waals surface area contributed by atoms with Gasteiger partial charge in [-0.3, -0.25) is 9.36 Å². The Morgan fingerprint density at radius 2 is 2.21 bits per heavy atom. The maximum Gasteiger partial charge on any atom is 0.335 e. The number of nitrogens with two attached hydrogens (primary N) is 2. The molecule has 0 radical (unpaired) electrons. The molecule has 5 atom stereocenters. The first kappa shape index (κ1) is 21.0. The number of anilines is 1. The number of thioether (sulfide) groups is 1. The summed E-state index contributed by atoms with van der Waals surface area (Å²) in [5.41, 5.74) is 12.1. The summed E-state index contributed by atoms with van der Waals surface area (Å²) >= 11 is 1.40. The number of hydrogen-bond acceptors (Lipinski definition) is 10. The lowest BCUT2D eigenvalue weighted by atomic mass is 10.1. The standard InChI is InChI=1S/C16H21N7O5S/c1-2-3-29-4-7(17)14(25)22-8-10(24)15(28-11(8)16(26)27)23-6-21-9-12(18)19-5-20-13(9)23/h2,5-8,10-11,15,24H,1,3-4,17H2,(H,22,25)(H,26,27)(H2,18,19,20)/t7?,8-,10+,11-,15+/m0/s1. The highest BCUT2D eigenvalue weighted by atomic mass is 32.2. The fourth-order valence-electron chi connectivity index (χ4n) is 2.96. The average molecular weight is 423 g/mol. The largest absolute Gasteiger partial charge is 0.479 e.